The Morgan fingerprint density at radius 2 is 2.12 bits per heavy atom. The summed E-state index contributed by atoms with van der Waals surface area (Å²) in [6, 6.07) is 5.46. The number of hydrogen-bond donors (Lipinski definition) is 2. The van der Waals surface area contributed by atoms with Crippen LogP contribution < -0.4 is 10.6 Å². The average Bonchev–Trinajstić information content (AvgIpc) is 3.08. The first-order valence-corrected chi connectivity index (χ1v) is 8.15. The molecule has 0 spiro atoms. The SMILES string of the molecule is CNC(=O)C1CCCN1C(=O)CNC(=O)/C=C(\C)c1cccc(F)c1. The highest BCUT2D eigenvalue weighted by molar-refractivity contribution is 5.97. The number of nitrogens with zero attached hydrogens (tertiary/aromatic N) is 1. The van der Waals surface area contributed by atoms with Gasteiger partial charge < -0.3 is 15.5 Å². The molecule has 1 aliphatic heterocycles. The molecule has 1 fully saturated rings. The van der Waals surface area contributed by atoms with E-state index >= 15 is 0 Å². The molecular formula is C18H22FN3O3. The summed E-state index contributed by atoms with van der Waals surface area (Å²) in [5.74, 6) is -1.31. The average molecular weight is 347 g/mol. The molecule has 1 aliphatic rings. The molecule has 0 bridgehead atoms. The number of allylic oxidation sites excluding steroid dienone is 1. The van der Waals surface area contributed by atoms with E-state index in [1.165, 1.54) is 30.2 Å². The fourth-order valence-electron chi connectivity index (χ4n) is 2.83. The van der Waals surface area contributed by atoms with Gasteiger partial charge in [-0.1, -0.05) is 12.1 Å². The van der Waals surface area contributed by atoms with Crippen LogP contribution in [-0.4, -0.2) is 48.8 Å². The van der Waals surface area contributed by atoms with Gasteiger partial charge in [-0.05, 0) is 43.0 Å². The highest BCUT2D eigenvalue weighted by Crippen LogP contribution is 2.17. The highest BCUT2D eigenvalue weighted by Gasteiger charge is 2.33. The minimum atomic E-state index is -0.473. The summed E-state index contributed by atoms with van der Waals surface area (Å²) in [5.41, 5.74) is 1.19. The number of likely N-dealkylation sites (tertiary alicyclic amines) is 1. The van der Waals surface area contributed by atoms with E-state index in [1.807, 2.05) is 0 Å². The Balaban J connectivity index is 1.92. The minimum absolute atomic E-state index is 0.181. The number of hydrogen-bond acceptors (Lipinski definition) is 3. The third-order valence-electron chi connectivity index (χ3n) is 4.16. The second-order valence-corrected chi connectivity index (χ2v) is 5.91. The molecule has 134 valence electrons. The summed E-state index contributed by atoms with van der Waals surface area (Å²) in [4.78, 5) is 37.5. The van der Waals surface area contributed by atoms with Crippen LogP contribution in [0.4, 0.5) is 4.39 Å². The van der Waals surface area contributed by atoms with Gasteiger partial charge >= 0.3 is 0 Å². The van der Waals surface area contributed by atoms with Gasteiger partial charge in [0.05, 0.1) is 6.54 Å². The van der Waals surface area contributed by atoms with Crippen LogP contribution in [0.1, 0.15) is 25.3 Å². The number of carbonyl (C=O) groups excluding carboxylic acids is 3. The Hall–Kier alpha value is -2.70. The molecule has 1 unspecified atom stereocenters. The van der Waals surface area contributed by atoms with Crippen LogP contribution >= 0.6 is 0 Å². The maximum absolute atomic E-state index is 13.2. The van der Waals surface area contributed by atoms with Crippen molar-refractivity contribution in [2.75, 3.05) is 20.1 Å². The standard InChI is InChI=1S/C18H22FN3O3/c1-12(13-5-3-6-14(19)10-13)9-16(23)21-11-17(24)22-8-4-7-15(22)18(25)20-2/h3,5-6,9-10,15H,4,7-8,11H2,1-2H3,(H,20,25)(H,21,23)/b12-9+. The molecule has 1 heterocycles. The van der Waals surface area contributed by atoms with E-state index in [1.54, 1.807) is 19.1 Å². The van der Waals surface area contributed by atoms with Gasteiger partial charge in [-0.15, -0.1) is 0 Å². The van der Waals surface area contributed by atoms with Crippen LogP contribution in [0.5, 0.6) is 0 Å². The van der Waals surface area contributed by atoms with Crippen molar-refractivity contribution in [3.8, 4) is 0 Å². The summed E-state index contributed by atoms with van der Waals surface area (Å²) in [6.07, 6.45) is 2.70. The van der Waals surface area contributed by atoms with Crippen molar-refractivity contribution in [3.05, 3.63) is 41.7 Å². The van der Waals surface area contributed by atoms with Crippen molar-refractivity contribution in [1.29, 1.82) is 0 Å². The minimum Gasteiger partial charge on any atom is -0.357 e. The van der Waals surface area contributed by atoms with Crippen molar-refractivity contribution in [3.63, 3.8) is 0 Å². The summed E-state index contributed by atoms with van der Waals surface area (Å²) in [5, 5.41) is 5.07. The van der Waals surface area contributed by atoms with E-state index in [9.17, 15) is 18.8 Å². The van der Waals surface area contributed by atoms with E-state index in [4.69, 9.17) is 0 Å². The van der Waals surface area contributed by atoms with Crippen molar-refractivity contribution in [2.24, 2.45) is 0 Å². The zero-order valence-corrected chi connectivity index (χ0v) is 14.3. The number of amides is 3. The summed E-state index contributed by atoms with van der Waals surface area (Å²) in [6.45, 7) is 2.02. The van der Waals surface area contributed by atoms with Crippen LogP contribution in [0.2, 0.25) is 0 Å². The number of likely N-dealkylation sites (N-methyl/N-ethyl adjacent to an activating group) is 1. The molecular weight excluding hydrogens is 325 g/mol. The van der Waals surface area contributed by atoms with Crippen LogP contribution in [0.25, 0.3) is 5.57 Å². The second kappa shape index (κ2) is 8.41. The van der Waals surface area contributed by atoms with E-state index in [0.29, 0.717) is 24.1 Å². The largest absolute Gasteiger partial charge is 0.357 e. The molecule has 0 aliphatic carbocycles. The van der Waals surface area contributed by atoms with Crippen LogP contribution in [-0.2, 0) is 14.4 Å². The first-order valence-electron chi connectivity index (χ1n) is 8.15. The Labute approximate surface area is 146 Å². The molecule has 2 N–H and O–H groups in total. The number of benzene rings is 1. The van der Waals surface area contributed by atoms with Crippen molar-refractivity contribution >= 4 is 23.3 Å². The lowest BCUT2D eigenvalue weighted by molar-refractivity contribution is -0.138. The summed E-state index contributed by atoms with van der Waals surface area (Å²) in [7, 11) is 1.53. The zero-order chi connectivity index (χ0) is 18.4. The monoisotopic (exact) mass is 347 g/mol. The van der Waals surface area contributed by atoms with Gasteiger partial charge in [0.1, 0.15) is 11.9 Å². The van der Waals surface area contributed by atoms with E-state index < -0.39 is 11.9 Å². The molecule has 6 nitrogen and oxygen atoms in total. The fraction of sp³-hybridized carbons (Fsp3) is 0.389. The fourth-order valence-corrected chi connectivity index (χ4v) is 2.83. The van der Waals surface area contributed by atoms with E-state index in [0.717, 1.165) is 6.42 Å². The van der Waals surface area contributed by atoms with Crippen LogP contribution in [0, 0.1) is 5.82 Å². The lowest BCUT2D eigenvalue weighted by Crippen LogP contribution is -2.48. The topological polar surface area (TPSA) is 78.5 Å². The third-order valence-corrected chi connectivity index (χ3v) is 4.16. The second-order valence-electron chi connectivity index (χ2n) is 5.91. The molecule has 7 heteroatoms. The first-order chi connectivity index (χ1) is 11.9. The first kappa shape index (κ1) is 18.6. The van der Waals surface area contributed by atoms with Gasteiger partial charge in [0.2, 0.25) is 17.7 Å². The van der Waals surface area contributed by atoms with Gasteiger partial charge in [-0.3, -0.25) is 14.4 Å². The predicted octanol–water partition coefficient (Wildman–Crippen LogP) is 1.08. The van der Waals surface area contributed by atoms with Gasteiger partial charge in [0, 0.05) is 19.7 Å². The third kappa shape index (κ3) is 4.89. The lowest BCUT2D eigenvalue weighted by atomic mass is 10.1. The molecule has 3 amide bonds. The normalized spacial score (nSPS) is 17.3. The molecule has 0 aromatic heterocycles. The number of rotatable bonds is 5. The number of halogens is 1. The molecule has 1 aromatic carbocycles. The quantitative estimate of drug-likeness (QED) is 0.783. The van der Waals surface area contributed by atoms with Gasteiger partial charge in [0.25, 0.3) is 0 Å². The van der Waals surface area contributed by atoms with E-state index in [-0.39, 0.29) is 24.2 Å². The number of nitrogens with one attached hydrogen (secondary N) is 2. The summed E-state index contributed by atoms with van der Waals surface area (Å²) >= 11 is 0. The lowest BCUT2D eigenvalue weighted by Gasteiger charge is -2.23. The molecule has 0 saturated carbocycles. The van der Waals surface area contributed by atoms with Crippen molar-refractivity contribution in [2.45, 2.75) is 25.8 Å². The van der Waals surface area contributed by atoms with Crippen molar-refractivity contribution < 1.29 is 18.8 Å². The van der Waals surface area contributed by atoms with Gasteiger partial charge in [-0.25, -0.2) is 4.39 Å². The highest BCUT2D eigenvalue weighted by atomic mass is 19.1. The molecule has 2 rings (SSSR count). The van der Waals surface area contributed by atoms with Gasteiger partial charge in [-0.2, -0.15) is 0 Å². The summed E-state index contributed by atoms with van der Waals surface area (Å²) < 4.78 is 13.2. The van der Waals surface area contributed by atoms with Gasteiger partial charge in [0.15, 0.2) is 0 Å². The Morgan fingerprint density at radius 1 is 1.36 bits per heavy atom. The molecule has 25 heavy (non-hydrogen) atoms. The Bertz CT molecular complexity index is 703. The smallest absolute Gasteiger partial charge is 0.244 e. The van der Waals surface area contributed by atoms with Crippen molar-refractivity contribution in [1.82, 2.24) is 15.5 Å². The van der Waals surface area contributed by atoms with E-state index in [2.05, 4.69) is 10.6 Å². The maximum atomic E-state index is 13.2. The molecule has 1 saturated heterocycles. The predicted molar refractivity (Wildman–Crippen MR) is 91.9 cm³/mol. The maximum Gasteiger partial charge on any atom is 0.244 e. The molecule has 1 aromatic rings. The van der Waals surface area contributed by atoms with Crippen LogP contribution in [0.15, 0.2) is 30.3 Å². The number of carbonyl (C=O) groups is 3. The van der Waals surface area contributed by atoms with Crippen LogP contribution in [0.3, 0.4) is 0 Å². The Morgan fingerprint density at radius 3 is 2.80 bits per heavy atom. The molecule has 0 radical (unpaired) electrons. The zero-order valence-electron chi connectivity index (χ0n) is 14.3. The Kier molecular flexibility index (Phi) is 6.27. The molecule has 1 atom stereocenters.